The molecule has 136 valence electrons. The average Bonchev–Trinajstić information content (AvgIpc) is 2.69. The van der Waals surface area contributed by atoms with Crippen molar-refractivity contribution in [2.45, 2.75) is 0 Å². The Hall–Kier alpha value is -2.45. The molecule has 1 aliphatic heterocycles. The second kappa shape index (κ2) is 8.77. The largest absolute Gasteiger partial charge is 0.378 e. The van der Waals surface area contributed by atoms with Gasteiger partial charge in [-0.3, -0.25) is 9.59 Å². The third kappa shape index (κ3) is 4.80. The molecule has 2 N–H and O–H groups in total. The molecule has 1 saturated heterocycles. The van der Waals surface area contributed by atoms with E-state index in [0.29, 0.717) is 24.5 Å². The van der Waals surface area contributed by atoms with Gasteiger partial charge in [0, 0.05) is 23.8 Å². The lowest BCUT2D eigenvalue weighted by Gasteiger charge is -2.27. The Kier molecular flexibility index (Phi) is 6.19. The van der Waals surface area contributed by atoms with E-state index >= 15 is 0 Å². The van der Waals surface area contributed by atoms with Crippen molar-refractivity contribution in [3.8, 4) is 0 Å². The Morgan fingerprint density at radius 1 is 1.15 bits per heavy atom. The number of carbonyl (C=O) groups excluding carboxylic acids is 2. The molecule has 0 aliphatic carbocycles. The minimum atomic E-state index is -0.340. The number of ether oxygens (including phenoxy) is 1. The van der Waals surface area contributed by atoms with Crippen molar-refractivity contribution in [2.75, 3.05) is 43.1 Å². The first-order valence-electron chi connectivity index (χ1n) is 8.25. The standard InChI is InChI=1S/C18H19BrN4O3/c19-14-3-1-2-4-15(14)22-17(24)12-21-18(25)13-5-6-16(20-11-13)23-7-9-26-10-8-23/h1-6,11H,7-10,12H2,(H,21,25)(H,22,24). The van der Waals surface area contributed by atoms with Crippen LogP contribution >= 0.6 is 15.9 Å². The Bertz CT molecular complexity index is 776. The molecule has 2 amide bonds. The zero-order valence-corrected chi connectivity index (χ0v) is 15.7. The Balaban J connectivity index is 1.51. The van der Waals surface area contributed by atoms with Gasteiger partial charge in [0.1, 0.15) is 5.82 Å². The highest BCUT2D eigenvalue weighted by Gasteiger charge is 2.14. The topological polar surface area (TPSA) is 83.6 Å². The smallest absolute Gasteiger partial charge is 0.253 e. The van der Waals surface area contributed by atoms with E-state index in [1.807, 2.05) is 18.2 Å². The minimum absolute atomic E-state index is 0.120. The van der Waals surface area contributed by atoms with Crippen LogP contribution in [0, 0.1) is 0 Å². The van der Waals surface area contributed by atoms with Crippen molar-refractivity contribution in [1.29, 1.82) is 0 Å². The van der Waals surface area contributed by atoms with Crippen molar-refractivity contribution >= 4 is 39.2 Å². The summed E-state index contributed by atoms with van der Waals surface area (Å²) >= 11 is 3.36. The number of aromatic nitrogens is 1. The number of hydrogen-bond acceptors (Lipinski definition) is 5. The van der Waals surface area contributed by atoms with E-state index in [-0.39, 0.29) is 18.4 Å². The van der Waals surface area contributed by atoms with Crippen LogP contribution in [0.2, 0.25) is 0 Å². The van der Waals surface area contributed by atoms with Crippen molar-refractivity contribution in [3.05, 3.63) is 52.6 Å². The fraction of sp³-hybridized carbons (Fsp3) is 0.278. The Morgan fingerprint density at radius 2 is 1.92 bits per heavy atom. The third-order valence-corrected chi connectivity index (χ3v) is 4.59. The van der Waals surface area contributed by atoms with Gasteiger partial charge in [-0.25, -0.2) is 4.98 Å². The molecule has 2 aromatic rings. The number of morpholine rings is 1. The van der Waals surface area contributed by atoms with Crippen LogP contribution in [0.4, 0.5) is 11.5 Å². The Labute approximate surface area is 159 Å². The van der Waals surface area contributed by atoms with Crippen LogP contribution in [-0.4, -0.2) is 49.6 Å². The summed E-state index contributed by atoms with van der Waals surface area (Å²) in [7, 11) is 0. The van der Waals surface area contributed by atoms with Gasteiger partial charge in [0.25, 0.3) is 5.91 Å². The van der Waals surface area contributed by atoms with Gasteiger partial charge in [-0.15, -0.1) is 0 Å². The highest BCUT2D eigenvalue weighted by atomic mass is 79.9. The molecular formula is C18H19BrN4O3. The monoisotopic (exact) mass is 418 g/mol. The first-order chi connectivity index (χ1) is 12.6. The van der Waals surface area contributed by atoms with E-state index in [2.05, 4.69) is 36.4 Å². The van der Waals surface area contributed by atoms with Crippen LogP contribution in [0.25, 0.3) is 0 Å². The van der Waals surface area contributed by atoms with Crippen molar-refractivity contribution < 1.29 is 14.3 Å². The summed E-state index contributed by atoms with van der Waals surface area (Å²) in [4.78, 5) is 30.6. The summed E-state index contributed by atoms with van der Waals surface area (Å²) in [5.74, 6) is 0.174. The van der Waals surface area contributed by atoms with Crippen molar-refractivity contribution in [2.24, 2.45) is 0 Å². The van der Waals surface area contributed by atoms with Crippen LogP contribution in [0.5, 0.6) is 0 Å². The van der Waals surface area contributed by atoms with Gasteiger partial charge in [0.15, 0.2) is 0 Å². The molecule has 8 heteroatoms. The number of para-hydroxylation sites is 1. The van der Waals surface area contributed by atoms with Crippen LogP contribution < -0.4 is 15.5 Å². The molecule has 0 bridgehead atoms. The Morgan fingerprint density at radius 3 is 2.62 bits per heavy atom. The van der Waals surface area contributed by atoms with Crippen molar-refractivity contribution in [1.82, 2.24) is 10.3 Å². The summed E-state index contributed by atoms with van der Waals surface area (Å²) in [6.07, 6.45) is 1.52. The first-order valence-corrected chi connectivity index (χ1v) is 9.04. The lowest BCUT2D eigenvalue weighted by Crippen LogP contribution is -2.37. The number of anilines is 2. The van der Waals surface area contributed by atoms with Crippen LogP contribution in [0.3, 0.4) is 0 Å². The number of halogens is 1. The number of nitrogens with one attached hydrogen (secondary N) is 2. The van der Waals surface area contributed by atoms with E-state index in [9.17, 15) is 9.59 Å². The van der Waals surface area contributed by atoms with Crippen LogP contribution in [-0.2, 0) is 9.53 Å². The molecule has 7 nitrogen and oxygen atoms in total. The van der Waals surface area contributed by atoms with Crippen molar-refractivity contribution in [3.63, 3.8) is 0 Å². The molecule has 0 spiro atoms. The quantitative estimate of drug-likeness (QED) is 0.775. The van der Waals surface area contributed by atoms with E-state index in [1.165, 1.54) is 6.20 Å². The van der Waals surface area contributed by atoms with Gasteiger partial charge in [-0.05, 0) is 40.2 Å². The molecule has 1 aromatic heterocycles. The molecule has 0 saturated carbocycles. The first kappa shape index (κ1) is 18.3. The number of benzene rings is 1. The molecule has 1 aromatic carbocycles. The number of amides is 2. The second-order valence-electron chi connectivity index (χ2n) is 5.72. The number of rotatable bonds is 5. The van der Waals surface area contributed by atoms with E-state index in [4.69, 9.17) is 4.74 Å². The summed E-state index contributed by atoms with van der Waals surface area (Å²) in [6.45, 7) is 2.81. The third-order valence-electron chi connectivity index (χ3n) is 3.90. The van der Waals surface area contributed by atoms with Gasteiger partial charge in [-0.2, -0.15) is 0 Å². The molecule has 0 radical (unpaired) electrons. The summed E-state index contributed by atoms with van der Waals surface area (Å²) in [5, 5.41) is 5.33. The normalized spacial score (nSPS) is 14.0. The molecule has 2 heterocycles. The predicted molar refractivity (Wildman–Crippen MR) is 102 cm³/mol. The zero-order valence-electron chi connectivity index (χ0n) is 14.1. The fourth-order valence-corrected chi connectivity index (χ4v) is 2.90. The van der Waals surface area contributed by atoms with Gasteiger partial charge < -0.3 is 20.3 Å². The number of nitrogens with zero attached hydrogens (tertiary/aromatic N) is 2. The number of hydrogen-bond donors (Lipinski definition) is 2. The van der Waals surface area contributed by atoms with Gasteiger partial charge in [0.05, 0.1) is 31.0 Å². The lowest BCUT2D eigenvalue weighted by atomic mass is 10.2. The summed E-state index contributed by atoms with van der Waals surface area (Å²) in [5.41, 5.74) is 1.07. The molecule has 0 unspecified atom stereocenters. The fourth-order valence-electron chi connectivity index (χ4n) is 2.52. The van der Waals surface area contributed by atoms with Gasteiger partial charge in [-0.1, -0.05) is 12.1 Å². The van der Waals surface area contributed by atoms with Gasteiger partial charge >= 0.3 is 0 Å². The van der Waals surface area contributed by atoms with Crippen LogP contribution in [0.15, 0.2) is 47.1 Å². The predicted octanol–water partition coefficient (Wildman–Crippen LogP) is 2.05. The van der Waals surface area contributed by atoms with E-state index in [1.54, 1.807) is 18.2 Å². The average molecular weight is 419 g/mol. The minimum Gasteiger partial charge on any atom is -0.378 e. The zero-order chi connectivity index (χ0) is 18.4. The summed E-state index contributed by atoms with van der Waals surface area (Å²) in [6, 6.07) is 10.8. The molecule has 3 rings (SSSR count). The second-order valence-corrected chi connectivity index (χ2v) is 6.57. The molecule has 0 atom stereocenters. The van der Waals surface area contributed by atoms with Gasteiger partial charge in [0.2, 0.25) is 5.91 Å². The van der Waals surface area contributed by atoms with Crippen LogP contribution in [0.1, 0.15) is 10.4 Å². The molecular weight excluding hydrogens is 400 g/mol. The number of carbonyl (C=O) groups is 2. The highest BCUT2D eigenvalue weighted by Crippen LogP contribution is 2.20. The van der Waals surface area contributed by atoms with E-state index < -0.39 is 0 Å². The molecule has 26 heavy (non-hydrogen) atoms. The van der Waals surface area contributed by atoms with E-state index in [0.717, 1.165) is 23.4 Å². The maximum atomic E-state index is 12.2. The highest BCUT2D eigenvalue weighted by molar-refractivity contribution is 9.10. The maximum absolute atomic E-state index is 12.2. The SMILES string of the molecule is O=C(CNC(=O)c1ccc(N2CCOCC2)nc1)Nc1ccccc1Br. The molecule has 1 aliphatic rings. The summed E-state index contributed by atoms with van der Waals surface area (Å²) < 4.78 is 6.09. The lowest BCUT2D eigenvalue weighted by molar-refractivity contribution is -0.115. The number of pyridine rings is 1. The maximum Gasteiger partial charge on any atom is 0.253 e. The molecule has 1 fully saturated rings.